The van der Waals surface area contributed by atoms with Crippen LogP contribution in [0.2, 0.25) is 0 Å². The first kappa shape index (κ1) is 12.2. The summed E-state index contributed by atoms with van der Waals surface area (Å²) in [6, 6.07) is 2.10. The minimum absolute atomic E-state index is 0.113. The number of amides is 1. The van der Waals surface area contributed by atoms with Gasteiger partial charge in [-0.05, 0) is 37.3 Å². The van der Waals surface area contributed by atoms with Gasteiger partial charge in [0.05, 0.1) is 12.1 Å². The third-order valence-electron chi connectivity index (χ3n) is 2.21. The van der Waals surface area contributed by atoms with Crippen LogP contribution in [0, 0.1) is 0 Å². The number of carbonyl (C=O) groups excluding carboxylic acids is 1. The Morgan fingerprint density at radius 3 is 2.80 bits per heavy atom. The van der Waals surface area contributed by atoms with Crippen LogP contribution in [0.25, 0.3) is 0 Å². The van der Waals surface area contributed by atoms with E-state index in [0.29, 0.717) is 6.54 Å². The molecule has 0 radical (unpaired) electrons. The van der Waals surface area contributed by atoms with E-state index in [9.17, 15) is 4.79 Å². The molecule has 0 aliphatic rings. The summed E-state index contributed by atoms with van der Waals surface area (Å²) < 4.78 is 0. The molecule has 3 N–H and O–H groups in total. The maximum Gasteiger partial charge on any atom is 0.239 e. The molecule has 4 heteroatoms. The lowest BCUT2D eigenvalue weighted by molar-refractivity contribution is -0.125. The predicted molar refractivity (Wildman–Crippen MR) is 63.8 cm³/mol. The van der Waals surface area contributed by atoms with Crippen LogP contribution in [-0.2, 0) is 17.8 Å². The van der Waals surface area contributed by atoms with Gasteiger partial charge >= 0.3 is 0 Å². The maximum atomic E-state index is 11.5. The van der Waals surface area contributed by atoms with Gasteiger partial charge in [0.1, 0.15) is 0 Å². The molecular formula is C11H18N2OS. The largest absolute Gasteiger partial charge is 0.350 e. The van der Waals surface area contributed by atoms with Crippen LogP contribution in [0.5, 0.6) is 0 Å². The van der Waals surface area contributed by atoms with Crippen LogP contribution in [-0.4, -0.2) is 11.4 Å². The topological polar surface area (TPSA) is 55.1 Å². The second-order valence-corrected chi connectivity index (χ2v) is 5.13. The summed E-state index contributed by atoms with van der Waals surface area (Å²) in [4.78, 5) is 12.7. The molecule has 0 unspecified atom stereocenters. The number of nitrogens with two attached hydrogens (primary N) is 1. The van der Waals surface area contributed by atoms with Gasteiger partial charge in [0, 0.05) is 4.88 Å². The minimum Gasteiger partial charge on any atom is -0.350 e. The van der Waals surface area contributed by atoms with Crippen molar-refractivity contribution in [2.45, 2.75) is 39.3 Å². The van der Waals surface area contributed by atoms with E-state index < -0.39 is 5.54 Å². The van der Waals surface area contributed by atoms with Gasteiger partial charge in [-0.3, -0.25) is 4.79 Å². The van der Waals surface area contributed by atoms with Crippen molar-refractivity contribution in [2.75, 3.05) is 0 Å². The molecule has 1 aromatic rings. The van der Waals surface area contributed by atoms with Crippen LogP contribution in [0.4, 0.5) is 0 Å². The molecule has 0 atom stereocenters. The molecular weight excluding hydrogens is 208 g/mol. The average molecular weight is 226 g/mol. The first-order chi connectivity index (χ1) is 6.95. The number of nitrogens with one attached hydrogen (secondary N) is 1. The van der Waals surface area contributed by atoms with Crippen molar-refractivity contribution in [1.29, 1.82) is 0 Å². The van der Waals surface area contributed by atoms with Gasteiger partial charge in [-0.25, -0.2) is 0 Å². The van der Waals surface area contributed by atoms with E-state index in [1.807, 2.05) is 5.38 Å². The molecule has 0 aromatic carbocycles. The second kappa shape index (κ2) is 4.77. The second-order valence-electron chi connectivity index (χ2n) is 4.13. The van der Waals surface area contributed by atoms with Crippen molar-refractivity contribution in [3.63, 3.8) is 0 Å². The van der Waals surface area contributed by atoms with Crippen molar-refractivity contribution in [3.8, 4) is 0 Å². The molecule has 84 valence electrons. The van der Waals surface area contributed by atoms with Gasteiger partial charge in [-0.1, -0.05) is 6.92 Å². The Morgan fingerprint density at radius 2 is 2.27 bits per heavy atom. The van der Waals surface area contributed by atoms with Crippen LogP contribution in [0.3, 0.4) is 0 Å². The number of aryl methyl sites for hydroxylation is 1. The summed E-state index contributed by atoms with van der Waals surface area (Å²) in [5.41, 5.74) is 6.18. The van der Waals surface area contributed by atoms with Gasteiger partial charge in [0.25, 0.3) is 0 Å². The zero-order valence-corrected chi connectivity index (χ0v) is 10.3. The number of rotatable bonds is 4. The van der Waals surface area contributed by atoms with Crippen LogP contribution >= 0.6 is 11.3 Å². The molecule has 1 heterocycles. The summed E-state index contributed by atoms with van der Waals surface area (Å²) >= 11 is 1.67. The number of hydrogen-bond donors (Lipinski definition) is 2. The Balaban J connectivity index is 2.54. The van der Waals surface area contributed by atoms with E-state index in [1.165, 1.54) is 10.4 Å². The monoisotopic (exact) mass is 226 g/mol. The molecule has 0 saturated carbocycles. The van der Waals surface area contributed by atoms with E-state index in [2.05, 4.69) is 18.3 Å². The van der Waals surface area contributed by atoms with Crippen molar-refractivity contribution in [2.24, 2.45) is 5.73 Å². The number of hydrogen-bond acceptors (Lipinski definition) is 3. The molecule has 15 heavy (non-hydrogen) atoms. The minimum atomic E-state index is -0.802. The Kier molecular flexibility index (Phi) is 3.88. The lowest BCUT2D eigenvalue weighted by atomic mass is 10.1. The third-order valence-corrected chi connectivity index (χ3v) is 3.18. The Morgan fingerprint density at radius 1 is 1.60 bits per heavy atom. The normalized spacial score (nSPS) is 11.5. The summed E-state index contributed by atoms with van der Waals surface area (Å²) in [5.74, 6) is -0.113. The van der Waals surface area contributed by atoms with E-state index in [0.717, 1.165) is 6.42 Å². The molecule has 0 saturated heterocycles. The van der Waals surface area contributed by atoms with Gasteiger partial charge in [-0.2, -0.15) is 0 Å². The first-order valence-electron chi connectivity index (χ1n) is 5.07. The standard InChI is InChI=1S/C11H18N2OS/c1-4-8-5-6-15-9(8)7-13-10(14)11(2,3)12/h5-6H,4,7,12H2,1-3H3,(H,13,14). The summed E-state index contributed by atoms with van der Waals surface area (Å²) in [6.45, 7) is 6.11. The number of carbonyl (C=O) groups is 1. The van der Waals surface area contributed by atoms with Crippen molar-refractivity contribution in [1.82, 2.24) is 5.32 Å². The molecule has 0 aliphatic carbocycles. The fourth-order valence-corrected chi connectivity index (χ4v) is 2.14. The summed E-state index contributed by atoms with van der Waals surface area (Å²) in [7, 11) is 0. The Bertz CT molecular complexity index is 339. The molecule has 0 spiro atoms. The average Bonchev–Trinajstić information content (AvgIpc) is 2.59. The SMILES string of the molecule is CCc1ccsc1CNC(=O)C(C)(C)N. The fourth-order valence-electron chi connectivity index (χ4n) is 1.23. The highest BCUT2D eigenvalue weighted by Gasteiger charge is 2.21. The quantitative estimate of drug-likeness (QED) is 0.820. The van der Waals surface area contributed by atoms with Gasteiger partial charge in [0.2, 0.25) is 5.91 Å². The van der Waals surface area contributed by atoms with Crippen LogP contribution < -0.4 is 11.1 Å². The van der Waals surface area contributed by atoms with Crippen LogP contribution in [0.1, 0.15) is 31.2 Å². The smallest absolute Gasteiger partial charge is 0.239 e. The Labute approximate surface area is 94.7 Å². The fraction of sp³-hybridized carbons (Fsp3) is 0.545. The Hall–Kier alpha value is -0.870. The third kappa shape index (κ3) is 3.32. The highest BCUT2D eigenvalue weighted by Crippen LogP contribution is 2.17. The lowest BCUT2D eigenvalue weighted by Crippen LogP contribution is -2.48. The lowest BCUT2D eigenvalue weighted by Gasteiger charge is -2.17. The highest BCUT2D eigenvalue weighted by molar-refractivity contribution is 7.10. The highest BCUT2D eigenvalue weighted by atomic mass is 32.1. The molecule has 3 nitrogen and oxygen atoms in total. The van der Waals surface area contributed by atoms with Gasteiger partial charge in [-0.15, -0.1) is 11.3 Å². The van der Waals surface area contributed by atoms with E-state index in [1.54, 1.807) is 25.2 Å². The molecule has 1 rings (SSSR count). The molecule has 1 amide bonds. The van der Waals surface area contributed by atoms with E-state index >= 15 is 0 Å². The summed E-state index contributed by atoms with van der Waals surface area (Å²) in [5, 5.41) is 4.90. The zero-order chi connectivity index (χ0) is 11.5. The first-order valence-corrected chi connectivity index (χ1v) is 5.95. The summed E-state index contributed by atoms with van der Waals surface area (Å²) in [6.07, 6.45) is 1.00. The molecule has 1 aromatic heterocycles. The predicted octanol–water partition coefficient (Wildman–Crippen LogP) is 1.66. The molecule has 0 aliphatic heterocycles. The van der Waals surface area contributed by atoms with Crippen molar-refractivity contribution < 1.29 is 4.79 Å². The van der Waals surface area contributed by atoms with Crippen molar-refractivity contribution >= 4 is 17.2 Å². The molecule has 0 fully saturated rings. The zero-order valence-electron chi connectivity index (χ0n) is 9.46. The van der Waals surface area contributed by atoms with Gasteiger partial charge in [0.15, 0.2) is 0 Å². The van der Waals surface area contributed by atoms with E-state index in [4.69, 9.17) is 5.73 Å². The maximum absolute atomic E-state index is 11.5. The van der Waals surface area contributed by atoms with Crippen molar-refractivity contribution in [3.05, 3.63) is 21.9 Å². The van der Waals surface area contributed by atoms with Gasteiger partial charge < -0.3 is 11.1 Å². The van der Waals surface area contributed by atoms with E-state index in [-0.39, 0.29) is 5.91 Å². The van der Waals surface area contributed by atoms with Crippen LogP contribution in [0.15, 0.2) is 11.4 Å². The number of thiophene rings is 1. The molecule has 0 bridgehead atoms.